The molecule has 1 rings (SSSR count). The SMILES string of the molecule is CCC(NC(=O)N1CC(C)CC(C)C1C)C(=O)O. The maximum absolute atomic E-state index is 12.1. The second-order valence-electron chi connectivity index (χ2n) is 5.46. The van der Waals surface area contributed by atoms with Gasteiger partial charge in [-0.05, 0) is 31.6 Å². The van der Waals surface area contributed by atoms with Crippen LogP contribution in [0.15, 0.2) is 0 Å². The first kappa shape index (κ1) is 14.8. The quantitative estimate of drug-likeness (QED) is 0.810. The number of nitrogens with one attached hydrogen (secondary N) is 1. The van der Waals surface area contributed by atoms with Crippen molar-refractivity contribution in [3.8, 4) is 0 Å². The molecule has 5 nitrogen and oxygen atoms in total. The fraction of sp³-hybridized carbons (Fsp3) is 0.846. The van der Waals surface area contributed by atoms with E-state index in [0.29, 0.717) is 24.8 Å². The fourth-order valence-corrected chi connectivity index (χ4v) is 2.55. The second kappa shape index (κ2) is 6.07. The molecule has 2 amide bonds. The van der Waals surface area contributed by atoms with E-state index in [1.54, 1.807) is 11.8 Å². The van der Waals surface area contributed by atoms with Crippen molar-refractivity contribution in [1.82, 2.24) is 10.2 Å². The smallest absolute Gasteiger partial charge is 0.326 e. The lowest BCUT2D eigenvalue weighted by Crippen LogP contribution is -2.55. The van der Waals surface area contributed by atoms with Gasteiger partial charge in [0.2, 0.25) is 0 Å². The molecule has 104 valence electrons. The summed E-state index contributed by atoms with van der Waals surface area (Å²) in [6.45, 7) is 8.74. The Balaban J connectivity index is 2.67. The fourth-order valence-electron chi connectivity index (χ4n) is 2.55. The van der Waals surface area contributed by atoms with Crippen molar-refractivity contribution in [2.45, 2.75) is 52.6 Å². The number of likely N-dealkylation sites (tertiary alicyclic amines) is 1. The lowest BCUT2D eigenvalue weighted by molar-refractivity contribution is -0.139. The van der Waals surface area contributed by atoms with Crippen molar-refractivity contribution < 1.29 is 14.7 Å². The summed E-state index contributed by atoms with van der Waals surface area (Å²) in [5, 5.41) is 11.6. The van der Waals surface area contributed by atoms with Gasteiger partial charge in [-0.25, -0.2) is 9.59 Å². The lowest BCUT2D eigenvalue weighted by atomic mass is 9.86. The number of rotatable bonds is 3. The standard InChI is InChI=1S/C13H24N2O3/c1-5-11(12(16)17)14-13(18)15-7-8(2)6-9(3)10(15)4/h8-11H,5-7H2,1-4H3,(H,14,18)(H,16,17). The molecule has 4 unspecified atom stereocenters. The average molecular weight is 256 g/mol. The number of amides is 2. The Morgan fingerprint density at radius 1 is 1.39 bits per heavy atom. The number of carbonyl (C=O) groups is 2. The molecule has 4 atom stereocenters. The van der Waals surface area contributed by atoms with E-state index in [1.807, 2.05) is 6.92 Å². The highest BCUT2D eigenvalue weighted by Gasteiger charge is 2.33. The maximum Gasteiger partial charge on any atom is 0.326 e. The Morgan fingerprint density at radius 3 is 2.50 bits per heavy atom. The lowest BCUT2D eigenvalue weighted by Gasteiger charge is -2.41. The first-order valence-electron chi connectivity index (χ1n) is 6.66. The largest absolute Gasteiger partial charge is 0.480 e. The highest BCUT2D eigenvalue weighted by atomic mass is 16.4. The van der Waals surface area contributed by atoms with Crippen LogP contribution in [-0.4, -0.2) is 40.6 Å². The van der Waals surface area contributed by atoms with Gasteiger partial charge in [-0.15, -0.1) is 0 Å². The van der Waals surface area contributed by atoms with Crippen molar-refractivity contribution >= 4 is 12.0 Å². The Morgan fingerprint density at radius 2 is 2.00 bits per heavy atom. The van der Waals surface area contributed by atoms with Crippen LogP contribution in [-0.2, 0) is 4.79 Å². The molecule has 0 aromatic rings. The van der Waals surface area contributed by atoms with E-state index in [2.05, 4.69) is 19.2 Å². The molecular weight excluding hydrogens is 232 g/mol. The maximum atomic E-state index is 12.1. The minimum absolute atomic E-state index is 0.160. The summed E-state index contributed by atoms with van der Waals surface area (Å²) in [5.74, 6) is -0.0622. The average Bonchev–Trinajstić information content (AvgIpc) is 2.29. The van der Waals surface area contributed by atoms with Gasteiger partial charge in [-0.3, -0.25) is 0 Å². The van der Waals surface area contributed by atoms with Crippen molar-refractivity contribution in [2.75, 3.05) is 6.54 Å². The van der Waals surface area contributed by atoms with Crippen molar-refractivity contribution in [2.24, 2.45) is 11.8 Å². The van der Waals surface area contributed by atoms with Crippen LogP contribution in [0.1, 0.15) is 40.5 Å². The Hall–Kier alpha value is -1.26. The van der Waals surface area contributed by atoms with E-state index in [4.69, 9.17) is 5.11 Å². The number of hydrogen-bond donors (Lipinski definition) is 2. The first-order valence-corrected chi connectivity index (χ1v) is 6.66. The summed E-state index contributed by atoms with van der Waals surface area (Å²) in [6, 6.07) is -0.889. The van der Waals surface area contributed by atoms with Crippen molar-refractivity contribution in [3.63, 3.8) is 0 Å². The zero-order valence-corrected chi connectivity index (χ0v) is 11.6. The van der Waals surface area contributed by atoms with Gasteiger partial charge in [0.05, 0.1) is 0 Å². The number of urea groups is 1. The van der Waals surface area contributed by atoms with Crippen LogP contribution in [0.4, 0.5) is 4.79 Å². The Labute approximate surface area is 109 Å². The van der Waals surface area contributed by atoms with Gasteiger partial charge >= 0.3 is 12.0 Å². The molecule has 0 aliphatic carbocycles. The van der Waals surface area contributed by atoms with Crippen LogP contribution < -0.4 is 5.32 Å². The highest BCUT2D eigenvalue weighted by molar-refractivity contribution is 5.82. The van der Waals surface area contributed by atoms with Gasteiger partial charge in [-0.1, -0.05) is 20.8 Å². The van der Waals surface area contributed by atoms with Gasteiger partial charge in [0, 0.05) is 12.6 Å². The van der Waals surface area contributed by atoms with Gasteiger partial charge in [0.25, 0.3) is 0 Å². The van der Waals surface area contributed by atoms with E-state index >= 15 is 0 Å². The molecule has 0 saturated carbocycles. The predicted octanol–water partition coefficient (Wildman–Crippen LogP) is 1.93. The number of carbonyl (C=O) groups excluding carboxylic acids is 1. The van der Waals surface area contributed by atoms with Crippen molar-refractivity contribution in [3.05, 3.63) is 0 Å². The van der Waals surface area contributed by atoms with Gasteiger partial charge in [0.15, 0.2) is 0 Å². The van der Waals surface area contributed by atoms with Crippen LogP contribution in [0.3, 0.4) is 0 Å². The highest BCUT2D eigenvalue weighted by Crippen LogP contribution is 2.26. The van der Waals surface area contributed by atoms with Crippen molar-refractivity contribution in [1.29, 1.82) is 0 Å². The number of aliphatic carboxylic acids is 1. The molecule has 0 bridgehead atoms. The molecule has 1 heterocycles. The molecule has 0 aromatic heterocycles. The number of carboxylic acid groups (broad SMARTS) is 1. The minimum Gasteiger partial charge on any atom is -0.480 e. The third kappa shape index (κ3) is 3.37. The third-order valence-corrected chi connectivity index (χ3v) is 3.86. The summed E-state index contributed by atoms with van der Waals surface area (Å²) < 4.78 is 0. The molecule has 1 saturated heterocycles. The Bertz CT molecular complexity index is 319. The summed E-state index contributed by atoms with van der Waals surface area (Å²) in [4.78, 5) is 24.8. The molecule has 1 aliphatic rings. The van der Waals surface area contributed by atoms with E-state index in [0.717, 1.165) is 6.42 Å². The first-order chi connectivity index (χ1) is 8.36. The molecular formula is C13H24N2O3. The zero-order chi connectivity index (χ0) is 13.9. The monoisotopic (exact) mass is 256 g/mol. The van der Waals surface area contributed by atoms with E-state index in [-0.39, 0.29) is 12.1 Å². The van der Waals surface area contributed by atoms with E-state index in [1.165, 1.54) is 0 Å². The third-order valence-electron chi connectivity index (χ3n) is 3.86. The second-order valence-corrected chi connectivity index (χ2v) is 5.46. The molecule has 1 aliphatic heterocycles. The molecule has 18 heavy (non-hydrogen) atoms. The number of hydrogen-bond acceptors (Lipinski definition) is 2. The topological polar surface area (TPSA) is 69.6 Å². The van der Waals surface area contributed by atoms with Gasteiger partial charge in [-0.2, -0.15) is 0 Å². The molecule has 0 spiro atoms. The van der Waals surface area contributed by atoms with Gasteiger partial charge in [0.1, 0.15) is 6.04 Å². The van der Waals surface area contributed by atoms with E-state index in [9.17, 15) is 9.59 Å². The van der Waals surface area contributed by atoms with Crippen LogP contribution in [0.2, 0.25) is 0 Å². The van der Waals surface area contributed by atoms with Crippen LogP contribution >= 0.6 is 0 Å². The van der Waals surface area contributed by atoms with Crippen LogP contribution in [0, 0.1) is 11.8 Å². The predicted molar refractivity (Wildman–Crippen MR) is 69.4 cm³/mol. The molecule has 2 N–H and O–H groups in total. The zero-order valence-electron chi connectivity index (χ0n) is 11.6. The summed E-state index contributed by atoms with van der Waals surface area (Å²) in [5.41, 5.74) is 0. The normalized spacial score (nSPS) is 29.8. The number of piperidine rings is 1. The van der Waals surface area contributed by atoms with Gasteiger partial charge < -0.3 is 15.3 Å². The molecule has 0 aromatic carbocycles. The van der Waals surface area contributed by atoms with Crippen LogP contribution in [0.25, 0.3) is 0 Å². The van der Waals surface area contributed by atoms with Crippen LogP contribution in [0.5, 0.6) is 0 Å². The summed E-state index contributed by atoms with van der Waals surface area (Å²) in [7, 11) is 0. The number of carboxylic acids is 1. The molecule has 0 radical (unpaired) electrons. The van der Waals surface area contributed by atoms with E-state index < -0.39 is 12.0 Å². The molecule has 5 heteroatoms. The number of nitrogens with zero attached hydrogens (tertiary/aromatic N) is 1. The molecule has 1 fully saturated rings. The minimum atomic E-state index is -0.975. The Kier molecular flexibility index (Phi) is 4.99. The summed E-state index contributed by atoms with van der Waals surface area (Å²) in [6.07, 6.45) is 1.51. The summed E-state index contributed by atoms with van der Waals surface area (Å²) >= 11 is 0.